The number of rotatable bonds is 5. The van der Waals surface area contributed by atoms with Crippen LogP contribution in [0.25, 0.3) is 0 Å². The first-order valence-corrected chi connectivity index (χ1v) is 9.87. The number of thiocarbonyl (C=S) groups is 1. The van der Waals surface area contributed by atoms with Gasteiger partial charge in [-0.3, -0.25) is 4.79 Å². The van der Waals surface area contributed by atoms with Crippen LogP contribution in [0.4, 0.5) is 5.69 Å². The molecular formula is C17H14Cl5N3OS. The number of carbonyl (C=O) groups is 1. The molecule has 0 aliphatic carbocycles. The minimum Gasteiger partial charge on any atom is -0.339 e. The molecule has 1 amide bonds. The zero-order valence-corrected chi connectivity index (χ0v) is 18.2. The molecule has 144 valence electrons. The number of anilines is 1. The summed E-state index contributed by atoms with van der Waals surface area (Å²) in [6.45, 7) is 0. The lowest BCUT2D eigenvalue weighted by molar-refractivity contribution is -0.121. The summed E-state index contributed by atoms with van der Waals surface area (Å²) in [6.07, 6.45) is -0.922. The van der Waals surface area contributed by atoms with Crippen molar-refractivity contribution < 1.29 is 4.79 Å². The number of halogens is 5. The monoisotopic (exact) mass is 483 g/mol. The van der Waals surface area contributed by atoms with Crippen LogP contribution in [0.1, 0.15) is 5.56 Å². The summed E-state index contributed by atoms with van der Waals surface area (Å²) in [5.74, 6) is -0.331. The largest absolute Gasteiger partial charge is 0.339 e. The van der Waals surface area contributed by atoms with Gasteiger partial charge in [0.2, 0.25) is 9.70 Å². The van der Waals surface area contributed by atoms with Crippen LogP contribution in [-0.4, -0.2) is 21.0 Å². The van der Waals surface area contributed by atoms with Crippen LogP contribution in [0.5, 0.6) is 0 Å². The van der Waals surface area contributed by atoms with E-state index in [0.717, 1.165) is 5.56 Å². The molecule has 0 unspecified atom stereocenters. The first kappa shape index (κ1) is 22.3. The summed E-state index contributed by atoms with van der Waals surface area (Å²) in [5, 5.41) is 9.18. The van der Waals surface area contributed by atoms with Gasteiger partial charge >= 0.3 is 0 Å². The van der Waals surface area contributed by atoms with Crippen LogP contribution < -0.4 is 16.0 Å². The van der Waals surface area contributed by atoms with Gasteiger partial charge in [0, 0.05) is 5.69 Å². The smallest absolute Gasteiger partial charge is 0.228 e. The van der Waals surface area contributed by atoms with Crippen molar-refractivity contribution >= 4 is 86.9 Å². The fraction of sp³-hybridized carbons (Fsp3) is 0.176. The Labute approximate surface area is 187 Å². The Morgan fingerprint density at radius 3 is 2.26 bits per heavy atom. The van der Waals surface area contributed by atoms with Gasteiger partial charge in [0.25, 0.3) is 0 Å². The minimum atomic E-state index is -1.84. The first-order chi connectivity index (χ1) is 12.6. The van der Waals surface area contributed by atoms with Gasteiger partial charge in [-0.15, -0.1) is 0 Å². The third-order valence-electron chi connectivity index (χ3n) is 3.29. The van der Waals surface area contributed by atoms with E-state index in [0.29, 0.717) is 15.7 Å². The molecule has 0 spiro atoms. The third-order valence-corrected chi connectivity index (χ3v) is 4.91. The molecule has 0 aromatic heterocycles. The molecule has 1 atom stereocenters. The maximum Gasteiger partial charge on any atom is 0.228 e. The molecule has 0 heterocycles. The summed E-state index contributed by atoms with van der Waals surface area (Å²) >= 11 is 35.0. The lowest BCUT2D eigenvalue weighted by atomic mass is 10.1. The molecule has 2 aromatic rings. The SMILES string of the molecule is O=C(Cc1ccccc1)N[C@H](NC(=S)Nc1ccc(Cl)c(Cl)c1)C(Cl)(Cl)Cl. The van der Waals surface area contributed by atoms with Crippen molar-refractivity contribution in [2.24, 2.45) is 0 Å². The van der Waals surface area contributed by atoms with Crippen molar-refractivity contribution in [1.29, 1.82) is 0 Å². The Morgan fingerprint density at radius 1 is 1.00 bits per heavy atom. The highest BCUT2D eigenvalue weighted by Crippen LogP contribution is 2.29. The lowest BCUT2D eigenvalue weighted by Crippen LogP contribution is -2.56. The minimum absolute atomic E-state index is 0.129. The molecule has 0 aliphatic heterocycles. The molecule has 0 bridgehead atoms. The Morgan fingerprint density at radius 2 is 1.67 bits per heavy atom. The van der Waals surface area contributed by atoms with Crippen molar-refractivity contribution in [3.05, 3.63) is 64.1 Å². The van der Waals surface area contributed by atoms with Crippen molar-refractivity contribution in [2.75, 3.05) is 5.32 Å². The predicted molar refractivity (Wildman–Crippen MR) is 118 cm³/mol. The number of amides is 1. The highest BCUT2D eigenvalue weighted by molar-refractivity contribution is 7.80. The summed E-state index contributed by atoms with van der Waals surface area (Å²) in [5.41, 5.74) is 1.41. The van der Waals surface area contributed by atoms with E-state index in [1.807, 2.05) is 30.3 Å². The number of benzene rings is 2. The van der Waals surface area contributed by atoms with Gasteiger partial charge in [-0.05, 0) is 36.0 Å². The maximum absolute atomic E-state index is 12.3. The van der Waals surface area contributed by atoms with Gasteiger partial charge in [-0.25, -0.2) is 0 Å². The van der Waals surface area contributed by atoms with E-state index in [9.17, 15) is 4.79 Å². The fourth-order valence-corrected chi connectivity index (χ4v) is 2.93. The van der Waals surface area contributed by atoms with Crippen LogP contribution in [0.3, 0.4) is 0 Å². The van der Waals surface area contributed by atoms with Crippen LogP contribution in [0.2, 0.25) is 10.0 Å². The lowest BCUT2D eigenvalue weighted by Gasteiger charge is -2.27. The van der Waals surface area contributed by atoms with Gasteiger partial charge in [0.1, 0.15) is 6.17 Å². The van der Waals surface area contributed by atoms with E-state index in [1.165, 1.54) is 0 Å². The van der Waals surface area contributed by atoms with Gasteiger partial charge in [-0.2, -0.15) is 0 Å². The van der Waals surface area contributed by atoms with E-state index in [-0.39, 0.29) is 17.4 Å². The molecule has 2 rings (SSSR count). The highest BCUT2D eigenvalue weighted by Gasteiger charge is 2.34. The molecule has 0 fully saturated rings. The first-order valence-electron chi connectivity index (χ1n) is 7.58. The van der Waals surface area contributed by atoms with Gasteiger partial charge < -0.3 is 16.0 Å². The van der Waals surface area contributed by atoms with Crippen molar-refractivity contribution in [3.8, 4) is 0 Å². The topological polar surface area (TPSA) is 53.2 Å². The number of hydrogen-bond donors (Lipinski definition) is 3. The van der Waals surface area contributed by atoms with E-state index in [4.69, 9.17) is 70.2 Å². The van der Waals surface area contributed by atoms with Crippen LogP contribution >= 0.6 is 70.2 Å². The number of carbonyl (C=O) groups excluding carboxylic acids is 1. The van der Waals surface area contributed by atoms with E-state index in [2.05, 4.69) is 16.0 Å². The van der Waals surface area contributed by atoms with E-state index in [1.54, 1.807) is 18.2 Å². The van der Waals surface area contributed by atoms with E-state index < -0.39 is 9.96 Å². The molecule has 2 aromatic carbocycles. The van der Waals surface area contributed by atoms with Gasteiger partial charge in [0.15, 0.2) is 5.11 Å². The quantitative estimate of drug-likeness (QED) is 0.304. The number of alkyl halides is 3. The molecule has 0 aliphatic rings. The summed E-state index contributed by atoms with van der Waals surface area (Å²) in [7, 11) is 0. The maximum atomic E-state index is 12.3. The van der Waals surface area contributed by atoms with Crippen molar-refractivity contribution in [3.63, 3.8) is 0 Å². The third kappa shape index (κ3) is 7.53. The summed E-state index contributed by atoms with van der Waals surface area (Å²) in [6, 6.07) is 14.1. The summed E-state index contributed by atoms with van der Waals surface area (Å²) in [4.78, 5) is 12.3. The normalized spacial score (nSPS) is 12.2. The van der Waals surface area contributed by atoms with Crippen LogP contribution in [-0.2, 0) is 11.2 Å². The number of nitrogens with one attached hydrogen (secondary N) is 3. The molecule has 27 heavy (non-hydrogen) atoms. The van der Waals surface area contributed by atoms with Gasteiger partial charge in [-0.1, -0.05) is 88.3 Å². The second kappa shape index (κ2) is 10.0. The predicted octanol–water partition coefficient (Wildman–Crippen LogP) is 5.34. The Bertz CT molecular complexity index is 814. The Hall–Kier alpha value is -0.950. The second-order valence-corrected chi connectivity index (χ2v) is 9.02. The zero-order valence-electron chi connectivity index (χ0n) is 13.6. The molecule has 0 saturated heterocycles. The van der Waals surface area contributed by atoms with Crippen molar-refractivity contribution in [1.82, 2.24) is 10.6 Å². The molecular weight excluding hydrogens is 472 g/mol. The average Bonchev–Trinajstić information content (AvgIpc) is 2.57. The van der Waals surface area contributed by atoms with Crippen molar-refractivity contribution in [2.45, 2.75) is 16.4 Å². The molecule has 10 heteroatoms. The Balaban J connectivity index is 2.00. The zero-order chi connectivity index (χ0) is 20.0. The summed E-state index contributed by atoms with van der Waals surface area (Å²) < 4.78 is -1.84. The molecule has 0 saturated carbocycles. The second-order valence-electron chi connectivity index (χ2n) is 5.43. The fourth-order valence-electron chi connectivity index (χ4n) is 2.07. The van der Waals surface area contributed by atoms with Crippen LogP contribution in [0.15, 0.2) is 48.5 Å². The molecule has 0 radical (unpaired) electrons. The van der Waals surface area contributed by atoms with Gasteiger partial charge in [0.05, 0.1) is 16.5 Å². The highest BCUT2D eigenvalue weighted by atomic mass is 35.6. The van der Waals surface area contributed by atoms with Crippen LogP contribution in [0, 0.1) is 0 Å². The molecule has 3 N–H and O–H groups in total. The Kier molecular flexibility index (Phi) is 8.28. The number of hydrogen-bond acceptors (Lipinski definition) is 2. The molecule has 4 nitrogen and oxygen atoms in total. The van der Waals surface area contributed by atoms with E-state index >= 15 is 0 Å². The standard InChI is InChI=1S/C17H14Cl5N3OS/c18-12-7-6-11(9-13(12)19)23-16(27)25-15(17(20,21)22)24-14(26)8-10-4-2-1-3-5-10/h1-7,9,15H,8H2,(H,24,26)(H2,23,25,27)/t15-/m1/s1. The average molecular weight is 486 g/mol.